The summed E-state index contributed by atoms with van der Waals surface area (Å²) in [7, 11) is 0. The molecule has 0 aromatic heterocycles. The molecule has 0 heterocycles. The Kier molecular flexibility index (Phi) is 4.55. The van der Waals surface area contributed by atoms with E-state index in [1.165, 1.54) is 13.8 Å². The molecule has 1 amide bonds. The van der Waals surface area contributed by atoms with Crippen LogP contribution in [0.15, 0.2) is 0 Å². The van der Waals surface area contributed by atoms with Crippen LogP contribution in [0.2, 0.25) is 0 Å². The lowest BCUT2D eigenvalue weighted by molar-refractivity contribution is -0.0468. The first-order valence-electron chi connectivity index (χ1n) is 4.89. The average Bonchev–Trinajstić information content (AvgIpc) is 1.94. The number of nitrogens with one attached hydrogen (secondary N) is 1. The Hall–Kier alpha value is -0.810. The molecule has 1 unspecified atom stereocenters. The van der Waals surface area contributed by atoms with E-state index in [0.29, 0.717) is 0 Å². The summed E-state index contributed by atoms with van der Waals surface area (Å²) >= 11 is 0. The number of carbonyl (C=O) groups excluding carboxylic acids is 1. The lowest BCUT2D eigenvalue weighted by Gasteiger charge is -2.25. The molecule has 1 atom stereocenters. The van der Waals surface area contributed by atoms with Crippen molar-refractivity contribution in [1.29, 1.82) is 0 Å². The van der Waals surface area contributed by atoms with Crippen molar-refractivity contribution in [3.63, 3.8) is 0 Å². The van der Waals surface area contributed by atoms with Crippen molar-refractivity contribution in [2.24, 2.45) is 0 Å². The molecule has 0 aliphatic rings. The number of aliphatic hydroxyl groups excluding tert-OH is 1. The molecule has 5 nitrogen and oxygen atoms in total. The predicted molar refractivity (Wildman–Crippen MR) is 56.5 cm³/mol. The molecule has 0 radical (unpaired) electrons. The van der Waals surface area contributed by atoms with Gasteiger partial charge in [-0.1, -0.05) is 0 Å². The Balaban J connectivity index is 3.92. The molecule has 0 fully saturated rings. The molecular formula is C10H21NO4. The van der Waals surface area contributed by atoms with E-state index in [4.69, 9.17) is 4.74 Å². The monoisotopic (exact) mass is 219 g/mol. The highest BCUT2D eigenvalue weighted by Crippen LogP contribution is 2.08. The minimum Gasteiger partial charge on any atom is -0.444 e. The molecule has 3 N–H and O–H groups in total. The molecule has 0 aliphatic carbocycles. The van der Waals surface area contributed by atoms with Crippen LogP contribution in [-0.4, -0.2) is 40.2 Å². The number of rotatable bonds is 3. The normalized spacial score (nSPS) is 14.6. The molecular weight excluding hydrogens is 198 g/mol. The Labute approximate surface area is 90.4 Å². The summed E-state index contributed by atoms with van der Waals surface area (Å²) in [6, 6.07) is 0. The van der Waals surface area contributed by atoms with E-state index < -0.39 is 23.4 Å². The minimum atomic E-state index is -1.24. The van der Waals surface area contributed by atoms with E-state index in [1.807, 2.05) is 0 Å². The number of ether oxygens (including phenoxy) is 1. The summed E-state index contributed by atoms with van der Waals surface area (Å²) in [5.74, 6) is 0. The Morgan fingerprint density at radius 1 is 1.33 bits per heavy atom. The van der Waals surface area contributed by atoms with E-state index >= 15 is 0 Å². The second-order valence-corrected chi connectivity index (χ2v) is 5.05. The van der Waals surface area contributed by atoms with Gasteiger partial charge in [-0.15, -0.1) is 0 Å². The topological polar surface area (TPSA) is 78.8 Å². The van der Waals surface area contributed by atoms with E-state index in [-0.39, 0.29) is 6.54 Å². The quantitative estimate of drug-likeness (QED) is 0.651. The van der Waals surface area contributed by atoms with Gasteiger partial charge in [-0.25, -0.2) is 4.79 Å². The smallest absolute Gasteiger partial charge is 0.407 e. The Bertz CT molecular complexity index is 214. The summed E-state index contributed by atoms with van der Waals surface area (Å²) < 4.78 is 4.96. The van der Waals surface area contributed by atoms with Crippen molar-refractivity contribution in [2.75, 3.05) is 6.54 Å². The van der Waals surface area contributed by atoms with Crippen molar-refractivity contribution < 1.29 is 19.7 Å². The third-order valence-electron chi connectivity index (χ3n) is 1.65. The fourth-order valence-electron chi connectivity index (χ4n) is 0.744. The molecule has 0 spiro atoms. The van der Waals surface area contributed by atoms with Gasteiger partial charge < -0.3 is 20.3 Å². The molecule has 15 heavy (non-hydrogen) atoms. The van der Waals surface area contributed by atoms with Gasteiger partial charge in [0.25, 0.3) is 0 Å². The fraction of sp³-hybridized carbons (Fsp3) is 0.900. The van der Waals surface area contributed by atoms with Gasteiger partial charge in [-0.2, -0.15) is 0 Å². The van der Waals surface area contributed by atoms with E-state index in [2.05, 4.69) is 5.32 Å². The van der Waals surface area contributed by atoms with Crippen LogP contribution in [-0.2, 0) is 4.74 Å². The van der Waals surface area contributed by atoms with Gasteiger partial charge in [-0.3, -0.25) is 0 Å². The lowest BCUT2D eigenvalue weighted by Crippen LogP contribution is -2.45. The largest absolute Gasteiger partial charge is 0.444 e. The highest BCUT2D eigenvalue weighted by Gasteiger charge is 2.25. The van der Waals surface area contributed by atoms with E-state index in [1.54, 1.807) is 20.8 Å². The molecule has 0 aromatic rings. The van der Waals surface area contributed by atoms with Crippen LogP contribution in [0.5, 0.6) is 0 Å². The van der Waals surface area contributed by atoms with E-state index in [9.17, 15) is 15.0 Å². The van der Waals surface area contributed by atoms with Gasteiger partial charge in [-0.05, 0) is 34.6 Å². The second-order valence-electron chi connectivity index (χ2n) is 5.05. The van der Waals surface area contributed by atoms with Gasteiger partial charge in [0.2, 0.25) is 0 Å². The fourth-order valence-corrected chi connectivity index (χ4v) is 0.744. The Morgan fingerprint density at radius 3 is 2.13 bits per heavy atom. The minimum absolute atomic E-state index is 0.0432. The zero-order valence-electron chi connectivity index (χ0n) is 10.00. The zero-order chi connectivity index (χ0) is 12.3. The van der Waals surface area contributed by atoms with Crippen LogP contribution in [0, 0.1) is 0 Å². The number of carbonyl (C=O) groups is 1. The molecule has 0 aliphatic heterocycles. The van der Waals surface area contributed by atoms with Gasteiger partial charge in [0.1, 0.15) is 5.60 Å². The van der Waals surface area contributed by atoms with Gasteiger partial charge >= 0.3 is 6.09 Å². The molecule has 0 aromatic carbocycles. The number of aliphatic hydroxyl groups is 2. The first kappa shape index (κ1) is 14.2. The van der Waals surface area contributed by atoms with Crippen LogP contribution in [0.3, 0.4) is 0 Å². The number of hydrogen-bond acceptors (Lipinski definition) is 4. The van der Waals surface area contributed by atoms with Crippen LogP contribution in [0.4, 0.5) is 4.79 Å². The standard InChI is InChI=1S/C10H21NO4/c1-9(2,3)15-8(13)11-6-7(12)10(4,5)14/h7,12,14H,6H2,1-5H3,(H,11,13). The summed E-state index contributed by atoms with van der Waals surface area (Å²) in [6.45, 7) is 8.14. The summed E-state index contributed by atoms with van der Waals surface area (Å²) in [5.41, 5.74) is -1.81. The van der Waals surface area contributed by atoms with Crippen LogP contribution in [0.1, 0.15) is 34.6 Å². The number of hydrogen-bond donors (Lipinski definition) is 3. The van der Waals surface area contributed by atoms with Gasteiger partial charge in [0.05, 0.1) is 11.7 Å². The molecule has 0 rings (SSSR count). The van der Waals surface area contributed by atoms with Crippen molar-refractivity contribution in [1.82, 2.24) is 5.32 Å². The van der Waals surface area contributed by atoms with Crippen LogP contribution < -0.4 is 5.32 Å². The SMILES string of the molecule is CC(C)(C)OC(=O)NCC(O)C(C)(C)O. The number of amides is 1. The first-order chi connectivity index (χ1) is 6.52. The number of alkyl carbamates (subject to hydrolysis) is 1. The second kappa shape index (κ2) is 4.81. The molecule has 5 heteroatoms. The highest BCUT2D eigenvalue weighted by molar-refractivity contribution is 5.67. The molecule has 90 valence electrons. The maximum atomic E-state index is 11.2. The molecule has 0 bridgehead atoms. The Morgan fingerprint density at radius 2 is 1.80 bits per heavy atom. The predicted octanol–water partition coefficient (Wildman–Crippen LogP) is 0.643. The highest BCUT2D eigenvalue weighted by atomic mass is 16.6. The van der Waals surface area contributed by atoms with Crippen molar-refractivity contribution >= 4 is 6.09 Å². The summed E-state index contributed by atoms with van der Waals surface area (Å²) in [4.78, 5) is 11.2. The lowest BCUT2D eigenvalue weighted by atomic mass is 10.0. The van der Waals surface area contributed by atoms with Crippen LogP contribution >= 0.6 is 0 Å². The maximum absolute atomic E-state index is 11.2. The third-order valence-corrected chi connectivity index (χ3v) is 1.65. The van der Waals surface area contributed by atoms with Gasteiger partial charge in [0, 0.05) is 6.54 Å². The van der Waals surface area contributed by atoms with Crippen LogP contribution in [0.25, 0.3) is 0 Å². The zero-order valence-corrected chi connectivity index (χ0v) is 10.00. The van der Waals surface area contributed by atoms with Crippen molar-refractivity contribution in [3.05, 3.63) is 0 Å². The van der Waals surface area contributed by atoms with Crippen molar-refractivity contribution in [2.45, 2.75) is 51.9 Å². The summed E-state index contributed by atoms with van der Waals surface area (Å²) in [6.07, 6.45) is -1.63. The average molecular weight is 219 g/mol. The molecule has 0 saturated carbocycles. The first-order valence-corrected chi connectivity index (χ1v) is 4.89. The third kappa shape index (κ3) is 7.16. The van der Waals surface area contributed by atoms with Crippen molar-refractivity contribution in [3.8, 4) is 0 Å². The van der Waals surface area contributed by atoms with E-state index in [0.717, 1.165) is 0 Å². The summed E-state index contributed by atoms with van der Waals surface area (Å²) in [5, 5.41) is 21.2. The molecule has 0 saturated heterocycles. The van der Waals surface area contributed by atoms with Gasteiger partial charge in [0.15, 0.2) is 0 Å². The maximum Gasteiger partial charge on any atom is 0.407 e.